The lowest BCUT2D eigenvalue weighted by Crippen LogP contribution is -1.94. The van der Waals surface area contributed by atoms with Crippen molar-refractivity contribution >= 4 is 29.1 Å². The summed E-state index contributed by atoms with van der Waals surface area (Å²) in [5, 5.41) is 11.3. The molecule has 0 saturated carbocycles. The molecule has 0 heterocycles. The summed E-state index contributed by atoms with van der Waals surface area (Å²) in [6.45, 7) is 0. The van der Waals surface area contributed by atoms with Crippen molar-refractivity contribution in [2.24, 2.45) is 0 Å². The number of halogens is 2. The second kappa shape index (κ2) is 5.37. The number of rotatable bonds is 3. The van der Waals surface area contributed by atoms with Crippen LogP contribution in [-0.2, 0) is 0 Å². The summed E-state index contributed by atoms with van der Waals surface area (Å²) in [6, 6.07) is 10.9. The molecule has 3 nitrogen and oxygen atoms in total. The van der Waals surface area contributed by atoms with Gasteiger partial charge in [0.05, 0.1) is 14.8 Å². The van der Waals surface area contributed by atoms with Crippen LogP contribution in [-0.4, -0.2) is 4.92 Å². The Balaban J connectivity index is 2.44. The lowest BCUT2D eigenvalue weighted by Gasteiger charge is -2.05. The minimum atomic E-state index is -0.850. The van der Waals surface area contributed by atoms with E-state index in [2.05, 4.69) is 0 Å². The van der Waals surface area contributed by atoms with Gasteiger partial charge in [0.25, 0.3) is 0 Å². The number of nitro benzene ring substituents is 1. The third-order valence-electron chi connectivity index (χ3n) is 2.19. The monoisotopic (exact) mass is 283 g/mol. The SMILES string of the molecule is O=[N+]([O-])c1c(F)cccc1Sc1ccccc1Cl. The molecule has 0 aliphatic heterocycles. The Hall–Kier alpha value is -1.59. The Kier molecular flexibility index (Phi) is 3.84. The zero-order valence-electron chi connectivity index (χ0n) is 8.97. The fourth-order valence-electron chi connectivity index (χ4n) is 1.40. The standard InChI is InChI=1S/C12H7ClFNO2S/c13-8-4-1-2-6-10(8)18-11-7-3-5-9(14)12(11)15(16)17/h1-7H. The van der Waals surface area contributed by atoms with Crippen LogP contribution in [0, 0.1) is 15.9 Å². The van der Waals surface area contributed by atoms with Crippen LogP contribution in [0.3, 0.4) is 0 Å². The van der Waals surface area contributed by atoms with Gasteiger partial charge in [-0.25, -0.2) is 0 Å². The predicted octanol–water partition coefficient (Wildman–Crippen LogP) is 4.54. The lowest BCUT2D eigenvalue weighted by molar-refractivity contribution is -0.390. The van der Waals surface area contributed by atoms with Crippen molar-refractivity contribution in [2.75, 3.05) is 0 Å². The normalized spacial score (nSPS) is 10.3. The molecule has 0 aliphatic rings. The Morgan fingerprint density at radius 2 is 1.78 bits per heavy atom. The quantitative estimate of drug-likeness (QED) is 0.613. The van der Waals surface area contributed by atoms with Gasteiger partial charge < -0.3 is 0 Å². The van der Waals surface area contributed by atoms with Crippen molar-refractivity contribution in [3.63, 3.8) is 0 Å². The van der Waals surface area contributed by atoms with E-state index < -0.39 is 16.4 Å². The number of para-hydroxylation sites is 1. The molecular formula is C12H7ClFNO2S. The molecule has 0 bridgehead atoms. The first-order valence-corrected chi connectivity index (χ1v) is 6.14. The highest BCUT2D eigenvalue weighted by Crippen LogP contribution is 2.38. The number of nitro groups is 1. The molecule has 2 aromatic carbocycles. The molecule has 0 N–H and O–H groups in total. The van der Waals surface area contributed by atoms with Crippen molar-refractivity contribution in [2.45, 2.75) is 9.79 Å². The van der Waals surface area contributed by atoms with Gasteiger partial charge in [0, 0.05) is 4.90 Å². The average molecular weight is 284 g/mol. The van der Waals surface area contributed by atoms with Crippen LogP contribution in [0.5, 0.6) is 0 Å². The molecular weight excluding hydrogens is 277 g/mol. The van der Waals surface area contributed by atoms with Crippen LogP contribution in [0.2, 0.25) is 5.02 Å². The van der Waals surface area contributed by atoms with Crippen molar-refractivity contribution in [1.29, 1.82) is 0 Å². The number of nitrogens with zero attached hydrogens (tertiary/aromatic N) is 1. The van der Waals surface area contributed by atoms with Gasteiger partial charge in [0.2, 0.25) is 5.82 Å². The van der Waals surface area contributed by atoms with Crippen LogP contribution in [0.15, 0.2) is 52.3 Å². The molecule has 2 aromatic rings. The zero-order valence-corrected chi connectivity index (χ0v) is 10.5. The topological polar surface area (TPSA) is 43.1 Å². The lowest BCUT2D eigenvalue weighted by atomic mass is 10.3. The molecule has 0 unspecified atom stereocenters. The minimum Gasteiger partial charge on any atom is -0.258 e. The van der Waals surface area contributed by atoms with E-state index in [4.69, 9.17) is 11.6 Å². The van der Waals surface area contributed by atoms with Gasteiger partial charge in [-0.05, 0) is 24.3 Å². The van der Waals surface area contributed by atoms with Gasteiger partial charge in [-0.15, -0.1) is 0 Å². The van der Waals surface area contributed by atoms with Gasteiger partial charge in [0.1, 0.15) is 0 Å². The molecule has 2 rings (SSSR count). The second-order valence-corrected chi connectivity index (χ2v) is 4.87. The number of hydrogen-bond acceptors (Lipinski definition) is 3. The molecule has 92 valence electrons. The van der Waals surface area contributed by atoms with E-state index in [-0.39, 0.29) is 4.90 Å². The molecule has 0 aliphatic carbocycles. The summed E-state index contributed by atoms with van der Waals surface area (Å²) < 4.78 is 13.4. The first kappa shape index (κ1) is 12.9. The molecule has 0 spiro atoms. The summed E-state index contributed by atoms with van der Waals surface area (Å²) in [7, 11) is 0. The number of hydrogen-bond donors (Lipinski definition) is 0. The summed E-state index contributed by atoms with van der Waals surface area (Å²) in [6.07, 6.45) is 0. The Morgan fingerprint density at radius 3 is 2.44 bits per heavy atom. The van der Waals surface area contributed by atoms with Crippen molar-refractivity contribution < 1.29 is 9.31 Å². The van der Waals surface area contributed by atoms with Crippen molar-refractivity contribution in [1.82, 2.24) is 0 Å². The van der Waals surface area contributed by atoms with E-state index in [1.54, 1.807) is 24.3 Å². The smallest absolute Gasteiger partial charge is 0.258 e. The molecule has 0 saturated heterocycles. The van der Waals surface area contributed by atoms with Crippen molar-refractivity contribution in [3.05, 3.63) is 63.4 Å². The highest BCUT2D eigenvalue weighted by atomic mass is 35.5. The van der Waals surface area contributed by atoms with E-state index in [9.17, 15) is 14.5 Å². The van der Waals surface area contributed by atoms with Crippen molar-refractivity contribution in [3.8, 4) is 0 Å². The molecule has 0 radical (unpaired) electrons. The van der Waals surface area contributed by atoms with E-state index in [0.717, 1.165) is 17.8 Å². The Morgan fingerprint density at radius 1 is 1.11 bits per heavy atom. The molecule has 0 aromatic heterocycles. The summed E-state index contributed by atoms with van der Waals surface area (Å²) in [4.78, 5) is 11.0. The maximum absolute atomic E-state index is 13.4. The van der Waals surface area contributed by atoms with Gasteiger partial charge in [0.15, 0.2) is 0 Å². The van der Waals surface area contributed by atoms with Crippen LogP contribution >= 0.6 is 23.4 Å². The third kappa shape index (κ3) is 2.63. The molecule has 0 amide bonds. The van der Waals surface area contributed by atoms with Gasteiger partial charge in [-0.2, -0.15) is 4.39 Å². The molecule has 6 heteroatoms. The summed E-state index contributed by atoms with van der Waals surface area (Å²) >= 11 is 7.03. The van der Waals surface area contributed by atoms with Crippen LogP contribution in [0.1, 0.15) is 0 Å². The van der Waals surface area contributed by atoms with E-state index in [0.29, 0.717) is 9.92 Å². The van der Waals surface area contributed by atoms with Crippen LogP contribution < -0.4 is 0 Å². The zero-order chi connectivity index (χ0) is 13.1. The van der Waals surface area contributed by atoms with E-state index >= 15 is 0 Å². The van der Waals surface area contributed by atoms with Gasteiger partial charge in [-0.1, -0.05) is 41.6 Å². The minimum absolute atomic E-state index is 0.230. The summed E-state index contributed by atoms with van der Waals surface area (Å²) in [5.41, 5.74) is -0.526. The first-order valence-electron chi connectivity index (χ1n) is 4.95. The average Bonchev–Trinajstić information content (AvgIpc) is 2.31. The Bertz CT molecular complexity index is 606. The molecule has 0 atom stereocenters. The predicted molar refractivity (Wildman–Crippen MR) is 68.6 cm³/mol. The highest BCUT2D eigenvalue weighted by Gasteiger charge is 2.20. The molecule has 18 heavy (non-hydrogen) atoms. The fraction of sp³-hybridized carbons (Fsp3) is 0. The van der Waals surface area contributed by atoms with Crippen LogP contribution in [0.4, 0.5) is 10.1 Å². The number of benzene rings is 2. The largest absolute Gasteiger partial charge is 0.318 e. The van der Waals surface area contributed by atoms with Gasteiger partial charge >= 0.3 is 5.69 Å². The molecule has 0 fully saturated rings. The van der Waals surface area contributed by atoms with Crippen LogP contribution in [0.25, 0.3) is 0 Å². The van der Waals surface area contributed by atoms with E-state index in [1.807, 2.05) is 0 Å². The summed E-state index contributed by atoms with van der Waals surface area (Å²) in [5.74, 6) is -0.850. The third-order valence-corrected chi connectivity index (χ3v) is 3.76. The highest BCUT2D eigenvalue weighted by molar-refractivity contribution is 7.99. The fourth-order valence-corrected chi connectivity index (χ4v) is 2.62. The van der Waals surface area contributed by atoms with E-state index in [1.165, 1.54) is 12.1 Å². The maximum Gasteiger partial charge on any atom is 0.318 e. The van der Waals surface area contributed by atoms with Gasteiger partial charge in [-0.3, -0.25) is 10.1 Å². The second-order valence-electron chi connectivity index (χ2n) is 3.38. The maximum atomic E-state index is 13.4. The Labute approximate surface area is 112 Å². The first-order chi connectivity index (χ1) is 8.59.